The van der Waals surface area contributed by atoms with Gasteiger partial charge in [0, 0.05) is 16.9 Å². The maximum Gasteiger partial charge on any atom is 0.276 e. The fourth-order valence-electron chi connectivity index (χ4n) is 2.49. The molecule has 1 atom stereocenters. The largest absolute Gasteiger partial charge is 0.493 e. The van der Waals surface area contributed by atoms with Crippen LogP contribution in [0.5, 0.6) is 11.5 Å². The van der Waals surface area contributed by atoms with Gasteiger partial charge in [-0.05, 0) is 24.3 Å². The Balaban J connectivity index is 1.49. The summed E-state index contributed by atoms with van der Waals surface area (Å²) in [5.41, 5.74) is 1.14. The molecule has 3 aromatic rings. The minimum atomic E-state index is -0.761. The van der Waals surface area contributed by atoms with E-state index in [1.54, 1.807) is 50.6 Å². The van der Waals surface area contributed by atoms with Gasteiger partial charge in [-0.15, -0.1) is 10.2 Å². The number of halogens is 1. The van der Waals surface area contributed by atoms with Gasteiger partial charge in [0.05, 0.1) is 33.5 Å². The van der Waals surface area contributed by atoms with Crippen LogP contribution in [-0.4, -0.2) is 48.0 Å². The normalized spacial score (nSPS) is 12.0. The highest BCUT2D eigenvalue weighted by Crippen LogP contribution is 2.32. The summed E-state index contributed by atoms with van der Waals surface area (Å²) in [5.74, 6) is 1.46. The first-order valence-electron chi connectivity index (χ1n) is 8.78. The Bertz CT molecular complexity index is 937. The van der Waals surface area contributed by atoms with E-state index in [-0.39, 0.29) is 19.0 Å². The lowest BCUT2D eigenvalue weighted by atomic mass is 10.2. The van der Waals surface area contributed by atoms with Crippen LogP contribution in [-0.2, 0) is 11.3 Å². The molecule has 1 N–H and O–H groups in total. The van der Waals surface area contributed by atoms with Crippen molar-refractivity contribution in [3.05, 3.63) is 53.8 Å². The molecule has 7 nitrogen and oxygen atoms in total. The Morgan fingerprint density at radius 3 is 2.66 bits per heavy atom. The second-order valence-corrected chi connectivity index (χ2v) is 6.99. The summed E-state index contributed by atoms with van der Waals surface area (Å²) in [7, 11) is 3.11. The summed E-state index contributed by atoms with van der Waals surface area (Å²) in [6, 6.07) is 11.6. The van der Waals surface area contributed by atoms with Gasteiger partial charge in [-0.3, -0.25) is 0 Å². The maximum absolute atomic E-state index is 13.5. The van der Waals surface area contributed by atoms with Crippen LogP contribution in [0, 0.1) is 5.82 Å². The van der Waals surface area contributed by atoms with Gasteiger partial charge in [0.1, 0.15) is 5.82 Å². The highest BCUT2D eigenvalue weighted by atomic mass is 32.2. The molecule has 0 aliphatic carbocycles. The summed E-state index contributed by atoms with van der Waals surface area (Å²) >= 11 is 1.21. The molecule has 0 spiro atoms. The molecule has 0 amide bonds. The number of methoxy groups -OCH3 is 2. The van der Waals surface area contributed by atoms with Crippen molar-refractivity contribution in [3.8, 4) is 23.0 Å². The topological polar surface area (TPSA) is 86.8 Å². The lowest BCUT2D eigenvalue weighted by Gasteiger charge is -2.10. The lowest BCUT2D eigenvalue weighted by Crippen LogP contribution is -2.18. The highest BCUT2D eigenvalue weighted by Gasteiger charge is 2.14. The molecule has 1 aromatic heterocycles. The Morgan fingerprint density at radius 2 is 1.90 bits per heavy atom. The third-order valence-electron chi connectivity index (χ3n) is 3.96. The number of hydrogen-bond acceptors (Lipinski definition) is 8. The van der Waals surface area contributed by atoms with Crippen molar-refractivity contribution < 1.29 is 28.1 Å². The molecule has 2 aromatic carbocycles. The van der Waals surface area contributed by atoms with Crippen molar-refractivity contribution in [1.82, 2.24) is 10.2 Å². The van der Waals surface area contributed by atoms with E-state index in [4.69, 9.17) is 18.6 Å². The first-order chi connectivity index (χ1) is 14.1. The minimum absolute atomic E-state index is 0.0675. The SMILES string of the molecule is COc1ccc(-c2nnc(SC[C@H](O)COCc3ccccc3F)o2)cc1OC. The summed E-state index contributed by atoms with van der Waals surface area (Å²) in [6.45, 7) is 0.163. The number of nitrogens with zero attached hydrogens (tertiary/aromatic N) is 2. The number of ether oxygens (including phenoxy) is 3. The van der Waals surface area contributed by atoms with Crippen LogP contribution in [0.1, 0.15) is 5.56 Å². The minimum Gasteiger partial charge on any atom is -0.493 e. The fourth-order valence-corrected chi connectivity index (χ4v) is 3.16. The van der Waals surface area contributed by atoms with Crippen LogP contribution in [0.2, 0.25) is 0 Å². The Morgan fingerprint density at radius 1 is 1.10 bits per heavy atom. The maximum atomic E-state index is 13.5. The molecule has 1 heterocycles. The Hall–Kier alpha value is -2.62. The van der Waals surface area contributed by atoms with E-state index in [0.717, 1.165) is 0 Å². The smallest absolute Gasteiger partial charge is 0.276 e. The third kappa shape index (κ3) is 5.69. The van der Waals surface area contributed by atoms with E-state index >= 15 is 0 Å². The molecule has 0 fully saturated rings. The molecule has 3 rings (SSSR count). The molecule has 0 unspecified atom stereocenters. The number of rotatable bonds is 10. The van der Waals surface area contributed by atoms with E-state index < -0.39 is 6.10 Å². The van der Waals surface area contributed by atoms with E-state index in [1.165, 1.54) is 17.8 Å². The number of benzene rings is 2. The number of hydrogen-bond donors (Lipinski definition) is 1. The van der Waals surface area contributed by atoms with E-state index in [9.17, 15) is 9.50 Å². The number of thioether (sulfide) groups is 1. The van der Waals surface area contributed by atoms with Crippen LogP contribution in [0.15, 0.2) is 52.1 Å². The molecule has 0 saturated heterocycles. The predicted octanol–water partition coefficient (Wildman–Crippen LogP) is 3.56. The zero-order valence-electron chi connectivity index (χ0n) is 16.0. The summed E-state index contributed by atoms with van der Waals surface area (Å²) < 4.78 is 35.0. The molecule has 0 radical (unpaired) electrons. The molecule has 154 valence electrons. The second-order valence-electron chi connectivity index (χ2n) is 6.01. The monoisotopic (exact) mass is 420 g/mol. The molecular weight excluding hydrogens is 399 g/mol. The zero-order chi connectivity index (χ0) is 20.6. The average Bonchev–Trinajstić information content (AvgIpc) is 3.22. The summed E-state index contributed by atoms with van der Waals surface area (Å²) in [5, 5.41) is 18.4. The predicted molar refractivity (Wildman–Crippen MR) is 106 cm³/mol. The average molecular weight is 420 g/mol. The number of aliphatic hydroxyl groups excluding tert-OH is 1. The van der Waals surface area contributed by atoms with Crippen molar-refractivity contribution >= 4 is 11.8 Å². The van der Waals surface area contributed by atoms with Crippen molar-refractivity contribution in [3.63, 3.8) is 0 Å². The van der Waals surface area contributed by atoms with Crippen molar-refractivity contribution in [2.45, 2.75) is 17.9 Å². The first kappa shape index (κ1) is 21.1. The van der Waals surface area contributed by atoms with Gasteiger partial charge in [0.25, 0.3) is 5.22 Å². The molecule has 0 aliphatic heterocycles. The molecule has 0 saturated carbocycles. The molecular formula is C20H21FN2O5S. The first-order valence-corrected chi connectivity index (χ1v) is 9.77. The molecule has 29 heavy (non-hydrogen) atoms. The summed E-state index contributed by atoms with van der Waals surface area (Å²) in [6.07, 6.45) is -0.761. The molecule has 0 bridgehead atoms. The van der Waals surface area contributed by atoms with Gasteiger partial charge in [-0.1, -0.05) is 30.0 Å². The van der Waals surface area contributed by atoms with E-state index in [2.05, 4.69) is 10.2 Å². The fraction of sp³-hybridized carbons (Fsp3) is 0.300. The van der Waals surface area contributed by atoms with Crippen LogP contribution >= 0.6 is 11.8 Å². The van der Waals surface area contributed by atoms with Gasteiger partial charge in [0.15, 0.2) is 11.5 Å². The molecule has 9 heteroatoms. The standard InChI is InChI=1S/C20H21FN2O5S/c1-25-17-8-7-13(9-18(17)26-2)19-22-23-20(28-19)29-12-15(24)11-27-10-14-5-3-4-6-16(14)21/h3-9,15,24H,10-12H2,1-2H3/t15-/m1/s1. The van der Waals surface area contributed by atoms with Crippen molar-refractivity contribution in [1.29, 1.82) is 0 Å². The van der Waals surface area contributed by atoms with Crippen LogP contribution in [0.3, 0.4) is 0 Å². The van der Waals surface area contributed by atoms with E-state index in [0.29, 0.717) is 39.5 Å². The van der Waals surface area contributed by atoms with Crippen molar-refractivity contribution in [2.75, 3.05) is 26.6 Å². The van der Waals surface area contributed by atoms with Gasteiger partial charge >= 0.3 is 0 Å². The van der Waals surface area contributed by atoms with Crippen LogP contribution in [0.25, 0.3) is 11.5 Å². The Kier molecular flexibility index (Phi) is 7.45. The van der Waals surface area contributed by atoms with Gasteiger partial charge < -0.3 is 23.7 Å². The van der Waals surface area contributed by atoms with Gasteiger partial charge in [-0.25, -0.2) is 4.39 Å². The number of aromatic nitrogens is 2. The van der Waals surface area contributed by atoms with Gasteiger partial charge in [0.2, 0.25) is 5.89 Å². The van der Waals surface area contributed by atoms with Crippen molar-refractivity contribution in [2.24, 2.45) is 0 Å². The quantitative estimate of drug-likeness (QED) is 0.498. The third-order valence-corrected chi connectivity index (χ3v) is 4.93. The Labute approximate surface area is 171 Å². The highest BCUT2D eigenvalue weighted by molar-refractivity contribution is 7.99. The van der Waals surface area contributed by atoms with Crippen LogP contribution in [0.4, 0.5) is 4.39 Å². The van der Waals surface area contributed by atoms with Crippen LogP contribution < -0.4 is 9.47 Å². The number of aliphatic hydroxyl groups is 1. The van der Waals surface area contributed by atoms with Gasteiger partial charge in [-0.2, -0.15) is 0 Å². The summed E-state index contributed by atoms with van der Waals surface area (Å²) in [4.78, 5) is 0. The zero-order valence-corrected chi connectivity index (χ0v) is 16.8. The second kappa shape index (κ2) is 10.2. The molecule has 0 aliphatic rings. The lowest BCUT2D eigenvalue weighted by molar-refractivity contribution is 0.0386. The van der Waals surface area contributed by atoms with E-state index in [1.807, 2.05) is 0 Å².